The van der Waals surface area contributed by atoms with Gasteiger partial charge in [-0.05, 0) is 19.7 Å². The van der Waals surface area contributed by atoms with Gasteiger partial charge in [0.15, 0.2) is 0 Å². The second-order valence-corrected chi connectivity index (χ2v) is 3.54. The lowest BCUT2D eigenvalue weighted by atomic mass is 10.6. The molecule has 0 unspecified atom stereocenters. The molecule has 2 aromatic rings. The fraction of sp³-hybridized carbons (Fsp3) is 0. The Hall–Kier alpha value is -4.14. The quantitative estimate of drug-likeness (QED) is 0.390. The molecule has 0 saturated heterocycles. The standard InChI is InChI=1S/C6H2N8O8.4H2O/c15-11(16)3-4(12(17)18)8-1(7-3)2-9-5(13(19)20)6(10-2)14(21)22;;;;/h(H,7,8)(H,9,10);4*1H2. The first-order chi connectivity index (χ1) is 10.2. The van der Waals surface area contributed by atoms with Gasteiger partial charge in [0.25, 0.3) is 0 Å². The minimum absolute atomic E-state index is 0. The number of rotatable bonds is 5. The molecule has 2 heterocycles. The van der Waals surface area contributed by atoms with E-state index >= 15 is 0 Å². The average molecular weight is 386 g/mol. The summed E-state index contributed by atoms with van der Waals surface area (Å²) in [5.74, 6) is -5.78. The van der Waals surface area contributed by atoms with Crippen LogP contribution in [-0.4, -0.2) is 61.5 Å². The molecule has 0 fully saturated rings. The second-order valence-electron chi connectivity index (χ2n) is 3.54. The van der Waals surface area contributed by atoms with E-state index in [-0.39, 0.29) is 21.9 Å². The largest absolute Gasteiger partial charge is 0.463 e. The van der Waals surface area contributed by atoms with Gasteiger partial charge in [-0.3, -0.25) is 0 Å². The van der Waals surface area contributed by atoms with E-state index < -0.39 is 54.6 Å². The van der Waals surface area contributed by atoms with Crippen molar-refractivity contribution >= 4 is 23.3 Å². The maximum absolute atomic E-state index is 10.6. The lowest BCUT2D eigenvalue weighted by molar-refractivity contribution is -0.427. The van der Waals surface area contributed by atoms with Crippen molar-refractivity contribution in [1.82, 2.24) is 19.9 Å². The summed E-state index contributed by atoms with van der Waals surface area (Å²) in [6.45, 7) is 0. The predicted octanol–water partition coefficient (Wildman–Crippen LogP) is -2.87. The van der Waals surface area contributed by atoms with Gasteiger partial charge in [0, 0.05) is 9.97 Å². The van der Waals surface area contributed by atoms with Gasteiger partial charge < -0.3 is 62.4 Å². The van der Waals surface area contributed by atoms with Crippen LogP contribution >= 0.6 is 0 Å². The van der Waals surface area contributed by atoms with E-state index in [9.17, 15) is 40.5 Å². The van der Waals surface area contributed by atoms with Gasteiger partial charge in [0.05, 0.1) is 0 Å². The van der Waals surface area contributed by atoms with Crippen LogP contribution in [-0.2, 0) is 0 Å². The Morgan fingerprint density at radius 2 is 0.846 bits per heavy atom. The van der Waals surface area contributed by atoms with Crippen LogP contribution in [0, 0.1) is 40.5 Å². The smallest absolute Gasteiger partial charge is 0.412 e. The van der Waals surface area contributed by atoms with Gasteiger partial charge in [-0.2, -0.15) is 9.97 Å². The van der Waals surface area contributed by atoms with Gasteiger partial charge in [0.1, 0.15) is 0 Å². The monoisotopic (exact) mass is 386 g/mol. The molecule has 10 N–H and O–H groups in total. The molecule has 146 valence electrons. The minimum Gasteiger partial charge on any atom is -0.412 e. The fourth-order valence-corrected chi connectivity index (χ4v) is 1.44. The molecule has 0 aliphatic heterocycles. The highest BCUT2D eigenvalue weighted by Crippen LogP contribution is 2.31. The number of nitrogens with one attached hydrogen (secondary N) is 2. The van der Waals surface area contributed by atoms with Crippen LogP contribution in [0.3, 0.4) is 0 Å². The first-order valence-electron chi connectivity index (χ1n) is 5.00. The summed E-state index contributed by atoms with van der Waals surface area (Å²) in [6, 6.07) is 0. The molecule has 0 spiro atoms. The summed E-state index contributed by atoms with van der Waals surface area (Å²) in [5.41, 5.74) is 0. The topological polar surface area (TPSA) is 356 Å². The molecule has 0 atom stereocenters. The van der Waals surface area contributed by atoms with Crippen molar-refractivity contribution in [3.05, 3.63) is 40.5 Å². The Labute approximate surface area is 138 Å². The predicted molar refractivity (Wildman–Crippen MR) is 77.2 cm³/mol. The maximum Gasteiger partial charge on any atom is 0.463 e. The third kappa shape index (κ3) is 4.45. The summed E-state index contributed by atoms with van der Waals surface area (Å²) < 4.78 is 0. The Kier molecular flexibility index (Phi) is 9.49. The average Bonchev–Trinajstić information content (AvgIpc) is 3.02. The molecular weight excluding hydrogens is 376 g/mol. The molecule has 0 saturated carbocycles. The van der Waals surface area contributed by atoms with E-state index in [0.29, 0.717) is 0 Å². The normalized spacial score (nSPS) is 8.77. The van der Waals surface area contributed by atoms with E-state index in [1.54, 1.807) is 0 Å². The lowest BCUT2D eigenvalue weighted by Crippen LogP contribution is -1.94. The molecule has 20 nitrogen and oxygen atoms in total. The van der Waals surface area contributed by atoms with Crippen molar-refractivity contribution < 1.29 is 41.6 Å². The van der Waals surface area contributed by atoms with Gasteiger partial charge in [-0.15, -0.1) is 0 Å². The van der Waals surface area contributed by atoms with E-state index in [1.807, 2.05) is 9.97 Å². The SMILES string of the molecule is O.O.O.O.O=[N+]([O-])c1nc(-c2nc([N+](=O)[O-])c([N+](=O)[O-])[nH]2)[nH]c1[N+](=O)[O-]. The van der Waals surface area contributed by atoms with Crippen molar-refractivity contribution in [2.45, 2.75) is 0 Å². The summed E-state index contributed by atoms with van der Waals surface area (Å²) >= 11 is 0. The van der Waals surface area contributed by atoms with Crippen LogP contribution in [0.25, 0.3) is 11.6 Å². The third-order valence-corrected chi connectivity index (χ3v) is 2.27. The third-order valence-electron chi connectivity index (χ3n) is 2.27. The zero-order valence-corrected chi connectivity index (χ0v) is 11.9. The number of nitrogens with zero attached hydrogens (tertiary/aromatic N) is 6. The summed E-state index contributed by atoms with van der Waals surface area (Å²) in [7, 11) is 0. The van der Waals surface area contributed by atoms with E-state index in [0.717, 1.165) is 0 Å². The summed E-state index contributed by atoms with van der Waals surface area (Å²) in [5, 5.41) is 42.5. The minimum atomic E-state index is -1.17. The molecular formula is C6H10N8O12. The number of nitro groups is 4. The molecule has 26 heavy (non-hydrogen) atoms. The number of H-pyrrole nitrogens is 2. The maximum atomic E-state index is 10.6. The number of hydrogen-bond acceptors (Lipinski definition) is 10. The Balaban J connectivity index is -0.00000132. The first kappa shape index (κ1) is 26.7. The second kappa shape index (κ2) is 9.23. The highest BCUT2D eigenvalue weighted by Gasteiger charge is 2.41. The van der Waals surface area contributed by atoms with Crippen molar-refractivity contribution in [3.8, 4) is 11.6 Å². The Morgan fingerprint density at radius 3 is 1.00 bits per heavy atom. The van der Waals surface area contributed by atoms with Crippen molar-refractivity contribution in [3.63, 3.8) is 0 Å². The first-order valence-corrected chi connectivity index (χ1v) is 5.00. The summed E-state index contributed by atoms with van der Waals surface area (Å²) in [6.07, 6.45) is 0. The molecule has 0 bridgehead atoms. The number of imidazole rings is 2. The fourth-order valence-electron chi connectivity index (χ4n) is 1.44. The van der Waals surface area contributed by atoms with Crippen molar-refractivity contribution in [1.29, 1.82) is 0 Å². The zero-order chi connectivity index (χ0) is 16.6. The molecule has 20 heteroatoms. The van der Waals surface area contributed by atoms with Crippen LogP contribution < -0.4 is 0 Å². The highest BCUT2D eigenvalue weighted by atomic mass is 16.7. The molecule has 2 rings (SSSR count). The van der Waals surface area contributed by atoms with Crippen LogP contribution in [0.1, 0.15) is 0 Å². The van der Waals surface area contributed by atoms with Gasteiger partial charge in [-0.25, -0.2) is 0 Å². The van der Waals surface area contributed by atoms with Gasteiger partial charge in [-0.1, -0.05) is 0 Å². The number of aromatic nitrogens is 4. The molecule has 0 aliphatic rings. The van der Waals surface area contributed by atoms with Crippen molar-refractivity contribution in [2.75, 3.05) is 0 Å². The van der Waals surface area contributed by atoms with E-state index in [4.69, 9.17) is 0 Å². The Bertz CT molecular complexity index is 693. The Morgan fingerprint density at radius 1 is 0.577 bits per heavy atom. The van der Waals surface area contributed by atoms with Crippen LogP contribution in [0.2, 0.25) is 0 Å². The van der Waals surface area contributed by atoms with E-state index in [1.165, 1.54) is 0 Å². The molecule has 0 aliphatic carbocycles. The van der Waals surface area contributed by atoms with Gasteiger partial charge >= 0.3 is 34.9 Å². The molecule has 2 aromatic heterocycles. The van der Waals surface area contributed by atoms with E-state index in [2.05, 4.69) is 9.97 Å². The van der Waals surface area contributed by atoms with Crippen LogP contribution in [0.4, 0.5) is 23.3 Å². The highest BCUT2D eigenvalue weighted by molar-refractivity contribution is 5.59. The van der Waals surface area contributed by atoms with Crippen molar-refractivity contribution in [2.24, 2.45) is 0 Å². The summed E-state index contributed by atoms with van der Waals surface area (Å²) in [4.78, 5) is 48.2. The molecule has 0 radical (unpaired) electrons. The zero-order valence-electron chi connectivity index (χ0n) is 11.9. The van der Waals surface area contributed by atoms with Crippen LogP contribution in [0.15, 0.2) is 0 Å². The lowest BCUT2D eigenvalue weighted by Gasteiger charge is -1.88. The molecule has 0 amide bonds. The number of aromatic amines is 2. The number of hydrogen-bond donors (Lipinski definition) is 2. The molecule has 0 aromatic carbocycles. The van der Waals surface area contributed by atoms with Crippen LogP contribution in [0.5, 0.6) is 0 Å². The van der Waals surface area contributed by atoms with Gasteiger partial charge in [0.2, 0.25) is 0 Å².